The van der Waals surface area contributed by atoms with Gasteiger partial charge in [-0.05, 0) is 38.0 Å². The van der Waals surface area contributed by atoms with Gasteiger partial charge in [0.2, 0.25) is 0 Å². The van der Waals surface area contributed by atoms with Crippen LogP contribution in [0.1, 0.15) is 30.1 Å². The Kier molecular flexibility index (Phi) is 2.88. The first-order valence-electron chi connectivity index (χ1n) is 7.99. The number of para-hydroxylation sites is 2. The van der Waals surface area contributed by atoms with E-state index in [1.165, 1.54) is 12.8 Å². The molecule has 6 heteroatoms. The Hall–Kier alpha value is -2.53. The zero-order valence-electron chi connectivity index (χ0n) is 13.1. The molecule has 0 aliphatic heterocycles. The number of hydrogen-bond donors (Lipinski definition) is 0. The maximum Gasteiger partial charge on any atom is 0.157 e. The molecule has 118 valence electrons. The molecule has 3 heterocycles. The van der Waals surface area contributed by atoms with Gasteiger partial charge in [0.05, 0.1) is 16.7 Å². The van der Waals surface area contributed by atoms with Crippen molar-refractivity contribution in [3.63, 3.8) is 0 Å². The topological polar surface area (TPSA) is 56.0 Å². The molecule has 1 aliphatic carbocycles. The smallest absolute Gasteiger partial charge is 0.157 e. The van der Waals surface area contributed by atoms with E-state index in [0.717, 1.165) is 39.5 Å². The van der Waals surface area contributed by atoms with Crippen molar-refractivity contribution in [2.75, 3.05) is 0 Å². The highest BCUT2D eigenvalue weighted by Crippen LogP contribution is 2.40. The van der Waals surface area contributed by atoms with Gasteiger partial charge in [0, 0.05) is 17.7 Å². The summed E-state index contributed by atoms with van der Waals surface area (Å²) in [4.78, 5) is 14.1. The van der Waals surface area contributed by atoms with Gasteiger partial charge in [-0.1, -0.05) is 23.7 Å². The van der Waals surface area contributed by atoms with Crippen molar-refractivity contribution in [1.29, 1.82) is 0 Å². The summed E-state index contributed by atoms with van der Waals surface area (Å²) in [6.07, 6.45) is 2.38. The Morgan fingerprint density at radius 1 is 1.04 bits per heavy atom. The standard InChI is InChI=1S/C18H14ClN5/c1-10-18(22-13-5-3-2-4-12(13)20-10)15-9-17-21-14(11-6-7-11)8-16(19)24(17)23-15/h2-5,8-9,11H,6-7H2,1H3. The van der Waals surface area contributed by atoms with Crippen LogP contribution in [0.25, 0.3) is 28.1 Å². The normalized spacial score (nSPS) is 14.6. The zero-order chi connectivity index (χ0) is 16.3. The fraction of sp³-hybridized carbons (Fsp3) is 0.222. The maximum absolute atomic E-state index is 6.39. The molecule has 24 heavy (non-hydrogen) atoms. The molecule has 5 rings (SSSR count). The summed E-state index contributed by atoms with van der Waals surface area (Å²) >= 11 is 6.39. The van der Waals surface area contributed by atoms with Crippen LogP contribution in [0.4, 0.5) is 0 Å². The van der Waals surface area contributed by atoms with E-state index >= 15 is 0 Å². The quantitative estimate of drug-likeness (QED) is 0.516. The predicted octanol–water partition coefficient (Wildman–Crippen LogP) is 4.18. The molecule has 3 aromatic heterocycles. The fourth-order valence-corrected chi connectivity index (χ4v) is 3.23. The number of nitrogens with zero attached hydrogens (tertiary/aromatic N) is 5. The van der Waals surface area contributed by atoms with E-state index < -0.39 is 0 Å². The summed E-state index contributed by atoms with van der Waals surface area (Å²) < 4.78 is 1.67. The molecule has 5 nitrogen and oxygen atoms in total. The second-order valence-corrected chi connectivity index (χ2v) is 6.61. The molecule has 0 radical (unpaired) electrons. The third-order valence-corrected chi connectivity index (χ3v) is 4.66. The van der Waals surface area contributed by atoms with Crippen molar-refractivity contribution in [2.24, 2.45) is 0 Å². The zero-order valence-corrected chi connectivity index (χ0v) is 13.8. The third-order valence-electron chi connectivity index (χ3n) is 4.39. The lowest BCUT2D eigenvalue weighted by atomic mass is 10.2. The van der Waals surface area contributed by atoms with Crippen molar-refractivity contribution < 1.29 is 0 Å². The van der Waals surface area contributed by atoms with E-state index in [1.807, 2.05) is 43.3 Å². The minimum Gasteiger partial charge on any atom is -0.249 e. The fourth-order valence-electron chi connectivity index (χ4n) is 2.99. The number of halogens is 1. The Labute approximate surface area is 143 Å². The summed E-state index contributed by atoms with van der Waals surface area (Å²) in [6, 6.07) is 11.7. The summed E-state index contributed by atoms with van der Waals surface area (Å²) in [6.45, 7) is 1.95. The van der Waals surface area contributed by atoms with Gasteiger partial charge in [-0.25, -0.2) is 19.5 Å². The molecule has 0 amide bonds. The Bertz CT molecular complexity index is 1100. The summed E-state index contributed by atoms with van der Waals surface area (Å²) in [7, 11) is 0. The SMILES string of the molecule is Cc1nc2ccccc2nc1-c1cc2nc(C3CC3)cc(Cl)n2n1. The van der Waals surface area contributed by atoms with Crippen LogP contribution >= 0.6 is 11.6 Å². The van der Waals surface area contributed by atoms with Crippen molar-refractivity contribution in [3.8, 4) is 11.4 Å². The lowest BCUT2D eigenvalue weighted by molar-refractivity contribution is 0.909. The lowest BCUT2D eigenvalue weighted by Gasteiger charge is -2.03. The molecule has 0 N–H and O–H groups in total. The van der Waals surface area contributed by atoms with E-state index in [0.29, 0.717) is 11.1 Å². The molecule has 0 bridgehead atoms. The van der Waals surface area contributed by atoms with Crippen LogP contribution in [-0.4, -0.2) is 24.6 Å². The van der Waals surface area contributed by atoms with Crippen molar-refractivity contribution in [2.45, 2.75) is 25.7 Å². The number of aryl methyl sites for hydroxylation is 1. The first-order chi connectivity index (χ1) is 11.7. The van der Waals surface area contributed by atoms with Gasteiger partial charge in [-0.3, -0.25) is 0 Å². The largest absolute Gasteiger partial charge is 0.249 e. The number of fused-ring (bicyclic) bond motifs is 2. The van der Waals surface area contributed by atoms with Gasteiger partial charge in [0.15, 0.2) is 5.65 Å². The highest BCUT2D eigenvalue weighted by Gasteiger charge is 2.26. The van der Waals surface area contributed by atoms with Gasteiger partial charge in [-0.2, -0.15) is 5.10 Å². The maximum atomic E-state index is 6.39. The van der Waals surface area contributed by atoms with E-state index in [4.69, 9.17) is 21.6 Å². The highest BCUT2D eigenvalue weighted by molar-refractivity contribution is 6.29. The molecule has 4 aromatic rings. The number of hydrogen-bond acceptors (Lipinski definition) is 4. The van der Waals surface area contributed by atoms with Crippen LogP contribution in [0.2, 0.25) is 5.15 Å². The minimum atomic E-state index is 0.549. The van der Waals surface area contributed by atoms with Gasteiger partial charge in [0.25, 0.3) is 0 Å². The van der Waals surface area contributed by atoms with Crippen LogP contribution in [0.5, 0.6) is 0 Å². The lowest BCUT2D eigenvalue weighted by Crippen LogP contribution is -1.97. The Balaban J connectivity index is 1.71. The average Bonchev–Trinajstić information content (AvgIpc) is 3.34. The molecular formula is C18H14ClN5. The summed E-state index contributed by atoms with van der Waals surface area (Å²) in [5.74, 6) is 0.549. The van der Waals surface area contributed by atoms with E-state index in [2.05, 4.69) is 10.1 Å². The van der Waals surface area contributed by atoms with E-state index in [9.17, 15) is 0 Å². The summed E-state index contributed by atoms with van der Waals surface area (Å²) in [5.41, 5.74) is 5.91. The van der Waals surface area contributed by atoms with E-state index in [1.54, 1.807) is 4.52 Å². The minimum absolute atomic E-state index is 0.549. The molecule has 1 aromatic carbocycles. The predicted molar refractivity (Wildman–Crippen MR) is 93.2 cm³/mol. The molecule has 0 unspecified atom stereocenters. The highest BCUT2D eigenvalue weighted by atomic mass is 35.5. The van der Waals surface area contributed by atoms with E-state index in [-0.39, 0.29) is 0 Å². The van der Waals surface area contributed by atoms with Crippen molar-refractivity contribution >= 4 is 28.3 Å². The number of benzene rings is 1. The van der Waals surface area contributed by atoms with Gasteiger partial charge < -0.3 is 0 Å². The first-order valence-corrected chi connectivity index (χ1v) is 8.37. The van der Waals surface area contributed by atoms with Crippen LogP contribution in [-0.2, 0) is 0 Å². The summed E-state index contributed by atoms with van der Waals surface area (Å²) in [5, 5.41) is 5.17. The monoisotopic (exact) mass is 335 g/mol. The molecule has 0 atom stereocenters. The number of aromatic nitrogens is 5. The molecular weight excluding hydrogens is 322 g/mol. The average molecular weight is 336 g/mol. The molecule has 1 aliphatic rings. The van der Waals surface area contributed by atoms with Crippen molar-refractivity contribution in [3.05, 3.63) is 52.9 Å². The molecule has 0 spiro atoms. The second-order valence-electron chi connectivity index (χ2n) is 6.22. The van der Waals surface area contributed by atoms with Crippen LogP contribution in [0.15, 0.2) is 36.4 Å². The van der Waals surface area contributed by atoms with Crippen LogP contribution in [0.3, 0.4) is 0 Å². The van der Waals surface area contributed by atoms with Crippen LogP contribution < -0.4 is 0 Å². The van der Waals surface area contributed by atoms with Crippen LogP contribution in [0, 0.1) is 6.92 Å². The van der Waals surface area contributed by atoms with Crippen molar-refractivity contribution in [1.82, 2.24) is 24.6 Å². The van der Waals surface area contributed by atoms with Gasteiger partial charge in [-0.15, -0.1) is 0 Å². The molecule has 1 saturated carbocycles. The Morgan fingerprint density at radius 2 is 1.79 bits per heavy atom. The second kappa shape index (κ2) is 4.98. The third kappa shape index (κ3) is 2.16. The first kappa shape index (κ1) is 13.9. The molecule has 1 fully saturated rings. The molecule has 0 saturated heterocycles. The Morgan fingerprint density at radius 3 is 2.54 bits per heavy atom. The number of rotatable bonds is 2. The van der Waals surface area contributed by atoms with Gasteiger partial charge >= 0.3 is 0 Å². The van der Waals surface area contributed by atoms with Gasteiger partial charge in [0.1, 0.15) is 16.5 Å².